The van der Waals surface area contributed by atoms with Crippen molar-refractivity contribution in [2.24, 2.45) is 5.92 Å². The van der Waals surface area contributed by atoms with Crippen molar-refractivity contribution in [2.75, 3.05) is 5.73 Å². The third-order valence-corrected chi connectivity index (χ3v) is 3.00. The molecular weight excluding hydrogens is 198 g/mol. The zero-order chi connectivity index (χ0) is 12.0. The van der Waals surface area contributed by atoms with Crippen LogP contribution < -0.4 is 5.73 Å². The Labute approximate surface area is 98.5 Å². The van der Waals surface area contributed by atoms with Crippen LogP contribution in [-0.4, -0.2) is 9.97 Å². The molecular formula is C13H23N3. The molecule has 0 amide bonds. The number of nitrogens with two attached hydrogens (primary N) is 1. The average molecular weight is 221 g/mol. The van der Waals surface area contributed by atoms with Crippen molar-refractivity contribution in [1.29, 1.82) is 0 Å². The molecule has 90 valence electrons. The molecule has 0 saturated carbocycles. The third-order valence-electron chi connectivity index (χ3n) is 3.00. The smallest absolute Gasteiger partial charge is 0.220 e. The van der Waals surface area contributed by atoms with E-state index in [1.165, 1.54) is 31.2 Å². The maximum atomic E-state index is 5.55. The van der Waals surface area contributed by atoms with Gasteiger partial charge >= 0.3 is 0 Å². The molecule has 1 aromatic rings. The summed E-state index contributed by atoms with van der Waals surface area (Å²) in [6.45, 7) is 6.51. The molecule has 0 bridgehead atoms. The van der Waals surface area contributed by atoms with E-state index in [9.17, 15) is 0 Å². The van der Waals surface area contributed by atoms with Crippen LogP contribution >= 0.6 is 0 Å². The summed E-state index contributed by atoms with van der Waals surface area (Å²) in [5.41, 5.74) is 7.84. The Kier molecular flexibility index (Phi) is 5.23. The lowest BCUT2D eigenvalue weighted by atomic mass is 9.91. The number of rotatable bonds is 6. The van der Waals surface area contributed by atoms with Gasteiger partial charge in [0.15, 0.2) is 0 Å². The predicted octanol–water partition coefficient (Wildman–Crippen LogP) is 3.13. The summed E-state index contributed by atoms with van der Waals surface area (Å²) >= 11 is 0. The summed E-state index contributed by atoms with van der Waals surface area (Å²) < 4.78 is 0. The second kappa shape index (κ2) is 6.46. The average Bonchev–Trinajstić information content (AvgIpc) is 2.23. The summed E-state index contributed by atoms with van der Waals surface area (Å²) in [7, 11) is 0. The molecule has 0 aromatic carbocycles. The zero-order valence-electron chi connectivity index (χ0n) is 10.7. The number of hydrogen-bond acceptors (Lipinski definition) is 3. The van der Waals surface area contributed by atoms with Crippen molar-refractivity contribution in [2.45, 2.75) is 52.9 Å². The van der Waals surface area contributed by atoms with Crippen LogP contribution in [0.25, 0.3) is 0 Å². The minimum Gasteiger partial charge on any atom is -0.368 e. The number of nitrogen functional groups attached to an aromatic ring is 1. The molecule has 16 heavy (non-hydrogen) atoms. The molecule has 0 atom stereocenters. The molecule has 0 aliphatic rings. The molecule has 0 aliphatic carbocycles. The molecule has 1 aromatic heterocycles. The van der Waals surface area contributed by atoms with E-state index in [0.29, 0.717) is 5.95 Å². The fourth-order valence-electron chi connectivity index (χ4n) is 2.19. The van der Waals surface area contributed by atoms with Gasteiger partial charge in [-0.25, -0.2) is 9.97 Å². The Morgan fingerprint density at radius 1 is 1.25 bits per heavy atom. The van der Waals surface area contributed by atoms with E-state index in [0.717, 1.165) is 18.0 Å². The van der Waals surface area contributed by atoms with Crippen molar-refractivity contribution in [1.82, 2.24) is 9.97 Å². The Morgan fingerprint density at radius 3 is 2.38 bits per heavy atom. The Balaban J connectivity index is 2.68. The summed E-state index contributed by atoms with van der Waals surface area (Å²) in [5.74, 6) is 1.14. The minimum atomic E-state index is 0.379. The molecule has 0 aliphatic heterocycles. The van der Waals surface area contributed by atoms with Gasteiger partial charge in [0.2, 0.25) is 5.95 Å². The van der Waals surface area contributed by atoms with E-state index in [2.05, 4.69) is 23.8 Å². The van der Waals surface area contributed by atoms with Gasteiger partial charge in [-0.2, -0.15) is 0 Å². The van der Waals surface area contributed by atoms with Crippen molar-refractivity contribution in [3.05, 3.63) is 17.5 Å². The van der Waals surface area contributed by atoms with Gasteiger partial charge in [0.05, 0.1) is 0 Å². The molecule has 3 heteroatoms. The molecule has 0 radical (unpaired) electrons. The first kappa shape index (κ1) is 12.9. The lowest BCUT2D eigenvalue weighted by Crippen LogP contribution is -2.08. The molecule has 3 nitrogen and oxygen atoms in total. The molecule has 1 heterocycles. The van der Waals surface area contributed by atoms with Crippen LogP contribution in [0.3, 0.4) is 0 Å². The van der Waals surface area contributed by atoms with Gasteiger partial charge in [-0.05, 0) is 24.8 Å². The lowest BCUT2D eigenvalue weighted by molar-refractivity contribution is 0.436. The summed E-state index contributed by atoms with van der Waals surface area (Å²) in [6.07, 6.45) is 8.05. The lowest BCUT2D eigenvalue weighted by Gasteiger charge is -2.16. The highest BCUT2D eigenvalue weighted by Crippen LogP contribution is 2.20. The van der Waals surface area contributed by atoms with E-state index in [-0.39, 0.29) is 0 Å². The van der Waals surface area contributed by atoms with Crippen LogP contribution in [0.5, 0.6) is 0 Å². The summed E-state index contributed by atoms with van der Waals surface area (Å²) in [6, 6.07) is 0. The van der Waals surface area contributed by atoms with Crippen LogP contribution in [0.1, 0.15) is 50.8 Å². The van der Waals surface area contributed by atoms with Gasteiger partial charge in [0.1, 0.15) is 0 Å². The predicted molar refractivity (Wildman–Crippen MR) is 68.2 cm³/mol. The van der Waals surface area contributed by atoms with Crippen LogP contribution in [0, 0.1) is 12.8 Å². The number of hydrogen-bond donors (Lipinski definition) is 1. The second-order valence-electron chi connectivity index (χ2n) is 4.49. The SMILES string of the molecule is CCCC(CCC)Cc1cnc(N)nc1C. The number of anilines is 1. The van der Waals surface area contributed by atoms with E-state index >= 15 is 0 Å². The minimum absolute atomic E-state index is 0.379. The van der Waals surface area contributed by atoms with Gasteiger partial charge in [-0.15, -0.1) is 0 Å². The monoisotopic (exact) mass is 221 g/mol. The van der Waals surface area contributed by atoms with Gasteiger partial charge in [-0.1, -0.05) is 39.5 Å². The Morgan fingerprint density at radius 2 is 1.88 bits per heavy atom. The normalized spacial score (nSPS) is 11.0. The van der Waals surface area contributed by atoms with Crippen molar-refractivity contribution >= 4 is 5.95 Å². The largest absolute Gasteiger partial charge is 0.368 e. The van der Waals surface area contributed by atoms with E-state index in [4.69, 9.17) is 5.73 Å². The first-order chi connectivity index (χ1) is 7.67. The zero-order valence-corrected chi connectivity index (χ0v) is 10.7. The van der Waals surface area contributed by atoms with Gasteiger partial charge < -0.3 is 5.73 Å². The first-order valence-electron chi connectivity index (χ1n) is 6.25. The quantitative estimate of drug-likeness (QED) is 0.803. The molecule has 0 unspecified atom stereocenters. The van der Waals surface area contributed by atoms with Crippen LogP contribution in [0.4, 0.5) is 5.95 Å². The maximum absolute atomic E-state index is 5.55. The fourth-order valence-corrected chi connectivity index (χ4v) is 2.19. The van der Waals surface area contributed by atoms with Gasteiger partial charge in [-0.3, -0.25) is 0 Å². The van der Waals surface area contributed by atoms with Crippen molar-refractivity contribution in [3.63, 3.8) is 0 Å². The van der Waals surface area contributed by atoms with E-state index in [1.54, 1.807) is 0 Å². The Hall–Kier alpha value is -1.12. The molecule has 0 saturated heterocycles. The van der Waals surface area contributed by atoms with Crippen LogP contribution in [-0.2, 0) is 6.42 Å². The molecule has 0 fully saturated rings. The van der Waals surface area contributed by atoms with Crippen LogP contribution in [0.2, 0.25) is 0 Å². The fraction of sp³-hybridized carbons (Fsp3) is 0.692. The number of aromatic nitrogens is 2. The van der Waals surface area contributed by atoms with Crippen molar-refractivity contribution < 1.29 is 0 Å². The second-order valence-corrected chi connectivity index (χ2v) is 4.49. The van der Waals surface area contributed by atoms with E-state index < -0.39 is 0 Å². The molecule has 0 spiro atoms. The first-order valence-corrected chi connectivity index (χ1v) is 6.25. The third kappa shape index (κ3) is 3.80. The highest BCUT2D eigenvalue weighted by atomic mass is 15.0. The van der Waals surface area contributed by atoms with Crippen LogP contribution in [0.15, 0.2) is 6.20 Å². The summed E-state index contributed by atoms with van der Waals surface area (Å²) in [5, 5.41) is 0. The van der Waals surface area contributed by atoms with Gasteiger partial charge in [0, 0.05) is 11.9 Å². The number of nitrogens with zero attached hydrogens (tertiary/aromatic N) is 2. The number of aryl methyl sites for hydroxylation is 1. The maximum Gasteiger partial charge on any atom is 0.220 e. The van der Waals surface area contributed by atoms with E-state index in [1.807, 2.05) is 13.1 Å². The molecule has 1 rings (SSSR count). The summed E-state index contributed by atoms with van der Waals surface area (Å²) in [4.78, 5) is 8.29. The standard InChI is InChI=1S/C13H23N3/c1-4-6-11(7-5-2)8-12-9-15-13(14)16-10(12)3/h9,11H,4-8H2,1-3H3,(H2,14,15,16). The Bertz CT molecular complexity index is 317. The topological polar surface area (TPSA) is 51.8 Å². The molecule has 2 N–H and O–H groups in total. The van der Waals surface area contributed by atoms with Gasteiger partial charge in [0.25, 0.3) is 0 Å². The highest BCUT2D eigenvalue weighted by molar-refractivity contribution is 5.24. The van der Waals surface area contributed by atoms with Crippen molar-refractivity contribution in [3.8, 4) is 0 Å². The highest BCUT2D eigenvalue weighted by Gasteiger charge is 2.10.